The Kier molecular flexibility index (Phi) is 5.50. The quantitative estimate of drug-likeness (QED) is 0.864. The van der Waals surface area contributed by atoms with Gasteiger partial charge in [-0.25, -0.2) is 0 Å². The van der Waals surface area contributed by atoms with Crippen LogP contribution in [-0.4, -0.2) is 19.6 Å². The first-order valence-corrected chi connectivity index (χ1v) is 8.67. The molecule has 1 aromatic rings. The molecule has 0 bridgehead atoms. The highest BCUT2D eigenvalue weighted by atomic mass is 79.9. The van der Waals surface area contributed by atoms with Crippen LogP contribution in [0, 0.1) is 5.41 Å². The second-order valence-electron chi connectivity index (χ2n) is 6.01. The SMILES string of the molecule is CCC1(CC)CCN(c2ccc(Br)cc2CCN)CC1. The first-order chi connectivity index (χ1) is 9.64. The summed E-state index contributed by atoms with van der Waals surface area (Å²) >= 11 is 3.57. The molecule has 3 heteroatoms. The molecule has 1 aliphatic rings. The molecule has 1 heterocycles. The number of piperidine rings is 1. The third kappa shape index (κ3) is 3.37. The summed E-state index contributed by atoms with van der Waals surface area (Å²) in [4.78, 5) is 2.56. The molecule has 0 amide bonds. The first kappa shape index (κ1) is 15.8. The van der Waals surface area contributed by atoms with Gasteiger partial charge in [0.15, 0.2) is 0 Å². The van der Waals surface area contributed by atoms with E-state index in [0.717, 1.165) is 10.9 Å². The van der Waals surface area contributed by atoms with Crippen molar-refractivity contribution in [2.45, 2.75) is 46.0 Å². The van der Waals surface area contributed by atoms with Crippen LogP contribution in [0.25, 0.3) is 0 Å². The second-order valence-corrected chi connectivity index (χ2v) is 6.92. The Bertz CT molecular complexity index is 431. The van der Waals surface area contributed by atoms with Gasteiger partial charge >= 0.3 is 0 Å². The van der Waals surface area contributed by atoms with Gasteiger partial charge in [0.05, 0.1) is 0 Å². The van der Waals surface area contributed by atoms with Crippen molar-refractivity contribution in [1.82, 2.24) is 0 Å². The zero-order chi connectivity index (χ0) is 14.6. The average molecular weight is 339 g/mol. The fourth-order valence-electron chi connectivity index (χ4n) is 3.40. The Morgan fingerprint density at radius 2 is 1.85 bits per heavy atom. The molecular formula is C17H27BrN2. The Hall–Kier alpha value is -0.540. The van der Waals surface area contributed by atoms with Crippen LogP contribution in [-0.2, 0) is 6.42 Å². The van der Waals surface area contributed by atoms with Crippen LogP contribution < -0.4 is 10.6 Å². The van der Waals surface area contributed by atoms with Crippen molar-refractivity contribution in [2.75, 3.05) is 24.5 Å². The normalized spacial score (nSPS) is 18.3. The molecule has 0 radical (unpaired) electrons. The zero-order valence-electron chi connectivity index (χ0n) is 12.8. The summed E-state index contributed by atoms with van der Waals surface area (Å²) in [5.41, 5.74) is 9.11. The van der Waals surface area contributed by atoms with Crippen LogP contribution in [0.3, 0.4) is 0 Å². The highest BCUT2D eigenvalue weighted by Gasteiger charge is 2.31. The highest BCUT2D eigenvalue weighted by Crippen LogP contribution is 2.40. The Balaban J connectivity index is 2.14. The van der Waals surface area contributed by atoms with Crippen LogP contribution in [0.15, 0.2) is 22.7 Å². The van der Waals surface area contributed by atoms with Gasteiger partial charge < -0.3 is 10.6 Å². The van der Waals surface area contributed by atoms with E-state index in [-0.39, 0.29) is 0 Å². The van der Waals surface area contributed by atoms with Crippen molar-refractivity contribution < 1.29 is 0 Å². The molecule has 20 heavy (non-hydrogen) atoms. The van der Waals surface area contributed by atoms with Gasteiger partial charge in [-0.15, -0.1) is 0 Å². The topological polar surface area (TPSA) is 29.3 Å². The molecule has 1 aliphatic heterocycles. The summed E-state index contributed by atoms with van der Waals surface area (Å²) in [5.74, 6) is 0. The van der Waals surface area contributed by atoms with Gasteiger partial charge in [-0.05, 0) is 55.0 Å². The lowest BCUT2D eigenvalue weighted by atomic mass is 9.74. The van der Waals surface area contributed by atoms with Crippen LogP contribution in [0.1, 0.15) is 45.1 Å². The van der Waals surface area contributed by atoms with Crippen molar-refractivity contribution in [2.24, 2.45) is 11.1 Å². The summed E-state index contributed by atoms with van der Waals surface area (Å²) in [6, 6.07) is 6.63. The third-order valence-corrected chi connectivity index (χ3v) is 5.61. The molecule has 112 valence electrons. The molecule has 1 fully saturated rings. The van der Waals surface area contributed by atoms with E-state index in [1.54, 1.807) is 0 Å². The van der Waals surface area contributed by atoms with Gasteiger partial charge in [-0.2, -0.15) is 0 Å². The van der Waals surface area contributed by atoms with Crippen molar-refractivity contribution in [3.63, 3.8) is 0 Å². The van der Waals surface area contributed by atoms with Gasteiger partial charge in [0.2, 0.25) is 0 Å². The van der Waals surface area contributed by atoms with E-state index in [1.807, 2.05) is 0 Å². The van der Waals surface area contributed by atoms with Crippen LogP contribution >= 0.6 is 15.9 Å². The van der Waals surface area contributed by atoms with Crippen LogP contribution in [0.5, 0.6) is 0 Å². The fraction of sp³-hybridized carbons (Fsp3) is 0.647. The van der Waals surface area contributed by atoms with Gasteiger partial charge in [0.1, 0.15) is 0 Å². The van der Waals surface area contributed by atoms with E-state index >= 15 is 0 Å². The molecule has 2 nitrogen and oxygen atoms in total. The number of hydrogen-bond donors (Lipinski definition) is 1. The predicted molar refractivity (Wildman–Crippen MR) is 91.4 cm³/mol. The molecule has 2 rings (SSSR count). The molecular weight excluding hydrogens is 312 g/mol. The maximum Gasteiger partial charge on any atom is 0.0400 e. The fourth-order valence-corrected chi connectivity index (χ4v) is 3.81. The van der Waals surface area contributed by atoms with Crippen LogP contribution in [0.4, 0.5) is 5.69 Å². The molecule has 0 aromatic heterocycles. The lowest BCUT2D eigenvalue weighted by molar-refractivity contribution is 0.199. The minimum absolute atomic E-state index is 0.583. The number of rotatable bonds is 5. The number of benzene rings is 1. The Morgan fingerprint density at radius 1 is 1.20 bits per heavy atom. The highest BCUT2D eigenvalue weighted by molar-refractivity contribution is 9.10. The van der Waals surface area contributed by atoms with E-state index in [1.165, 1.54) is 50.0 Å². The first-order valence-electron chi connectivity index (χ1n) is 7.87. The molecule has 0 unspecified atom stereocenters. The molecule has 0 atom stereocenters. The van der Waals surface area contributed by atoms with Gasteiger partial charge in [0.25, 0.3) is 0 Å². The molecule has 0 spiro atoms. The summed E-state index contributed by atoms with van der Waals surface area (Å²) in [6.07, 6.45) is 6.22. The average Bonchev–Trinajstić information content (AvgIpc) is 2.48. The van der Waals surface area contributed by atoms with Crippen molar-refractivity contribution in [3.05, 3.63) is 28.2 Å². The van der Waals surface area contributed by atoms with E-state index in [4.69, 9.17) is 5.73 Å². The van der Waals surface area contributed by atoms with E-state index in [9.17, 15) is 0 Å². The van der Waals surface area contributed by atoms with Gasteiger partial charge in [-0.3, -0.25) is 0 Å². The van der Waals surface area contributed by atoms with Gasteiger partial charge in [0, 0.05) is 23.2 Å². The predicted octanol–water partition coefficient (Wildman–Crippen LogP) is 4.36. The monoisotopic (exact) mass is 338 g/mol. The van der Waals surface area contributed by atoms with Crippen molar-refractivity contribution in [1.29, 1.82) is 0 Å². The van der Waals surface area contributed by atoms with Crippen molar-refractivity contribution in [3.8, 4) is 0 Å². The number of nitrogens with zero attached hydrogens (tertiary/aromatic N) is 1. The number of anilines is 1. The smallest absolute Gasteiger partial charge is 0.0400 e. The maximum atomic E-state index is 5.76. The minimum atomic E-state index is 0.583. The Labute approximate surface area is 131 Å². The number of hydrogen-bond acceptors (Lipinski definition) is 2. The maximum absolute atomic E-state index is 5.76. The molecule has 0 saturated carbocycles. The zero-order valence-corrected chi connectivity index (χ0v) is 14.4. The lowest BCUT2D eigenvalue weighted by Crippen LogP contribution is -2.40. The van der Waals surface area contributed by atoms with Crippen LogP contribution in [0.2, 0.25) is 0 Å². The summed E-state index contributed by atoms with van der Waals surface area (Å²) < 4.78 is 1.15. The summed E-state index contributed by atoms with van der Waals surface area (Å²) in [7, 11) is 0. The molecule has 1 saturated heterocycles. The van der Waals surface area contributed by atoms with E-state index in [2.05, 4.69) is 52.9 Å². The standard InChI is InChI=1S/C17H27BrN2/c1-3-17(4-2)8-11-20(12-9-17)16-6-5-15(18)13-14(16)7-10-19/h5-6,13H,3-4,7-12,19H2,1-2H3. The van der Waals surface area contributed by atoms with E-state index < -0.39 is 0 Å². The minimum Gasteiger partial charge on any atom is -0.371 e. The molecule has 0 aliphatic carbocycles. The third-order valence-electron chi connectivity index (χ3n) is 5.12. The summed E-state index contributed by atoms with van der Waals surface area (Å²) in [5, 5.41) is 0. The largest absolute Gasteiger partial charge is 0.371 e. The number of nitrogens with two attached hydrogens (primary N) is 1. The Morgan fingerprint density at radius 3 is 2.40 bits per heavy atom. The summed E-state index contributed by atoms with van der Waals surface area (Å²) in [6.45, 7) is 7.77. The molecule has 1 aromatic carbocycles. The van der Waals surface area contributed by atoms with Gasteiger partial charge in [-0.1, -0.05) is 42.6 Å². The molecule has 2 N–H and O–H groups in total. The van der Waals surface area contributed by atoms with Crippen molar-refractivity contribution >= 4 is 21.6 Å². The lowest BCUT2D eigenvalue weighted by Gasteiger charge is -2.42. The van der Waals surface area contributed by atoms with E-state index in [0.29, 0.717) is 12.0 Å². The number of halogens is 1. The second kappa shape index (κ2) is 6.95.